The molecule has 0 aromatic heterocycles. The summed E-state index contributed by atoms with van der Waals surface area (Å²) in [6, 6.07) is 4.36. The summed E-state index contributed by atoms with van der Waals surface area (Å²) in [5.74, 6) is -0.470. The van der Waals surface area contributed by atoms with E-state index < -0.39 is 5.41 Å². The van der Waals surface area contributed by atoms with E-state index in [1.807, 2.05) is 51.2 Å². The summed E-state index contributed by atoms with van der Waals surface area (Å²) in [6.45, 7) is 20.6. The number of ketones is 1. The summed E-state index contributed by atoms with van der Waals surface area (Å²) >= 11 is 0. The van der Waals surface area contributed by atoms with Gasteiger partial charge in [0.15, 0.2) is 5.76 Å². The Morgan fingerprint density at radius 3 is 1.67 bits per heavy atom. The molecule has 0 unspecified atom stereocenters. The molecule has 0 heterocycles. The largest absolute Gasteiger partial charge is 0.504 e. The Balaban J connectivity index is 1.93. The number of hydrogen-bond acceptors (Lipinski definition) is 2. The monoisotopic (exact) mass is 560 g/mol. The zero-order chi connectivity index (χ0) is 31.4. The first-order valence-electron chi connectivity index (χ1n) is 14.6. The zero-order valence-corrected chi connectivity index (χ0v) is 27.2. The standard InChI is InChI=1S/C40H48O2/c1-28(17-13-19-30(3)21-25-36-33(6)24-23-32(5)34(36)7)15-11-12-16-29(2)18-14-20-31(4)22-26-37-35(8)39(42)38(41)27-40(37,9)10/h11-27,41H,1-10H3/b12-11+,17-13+,18-14+,25-21+,26-22+,28-15+,29-16+,30-19+,31-20+. The number of aliphatic hydroxyl groups excluding tert-OH is 1. The molecule has 42 heavy (non-hydrogen) atoms. The minimum absolute atomic E-state index is 0.168. The van der Waals surface area contributed by atoms with E-state index >= 15 is 0 Å². The van der Waals surface area contributed by atoms with Crippen molar-refractivity contribution >= 4 is 11.9 Å². The Bertz CT molecular complexity index is 1510. The lowest BCUT2D eigenvalue weighted by molar-refractivity contribution is -0.114. The number of carbonyl (C=O) groups excluding carboxylic acids is 1. The van der Waals surface area contributed by atoms with Crippen LogP contribution in [-0.4, -0.2) is 10.9 Å². The molecule has 0 atom stereocenters. The van der Waals surface area contributed by atoms with Crippen molar-refractivity contribution in [2.24, 2.45) is 5.41 Å². The molecule has 1 N–H and O–H groups in total. The van der Waals surface area contributed by atoms with Gasteiger partial charge in [-0.05, 0) is 89.3 Å². The Labute approximate surface area is 254 Å². The molecule has 0 saturated heterocycles. The molecule has 0 spiro atoms. The van der Waals surface area contributed by atoms with Gasteiger partial charge in [-0.1, -0.05) is 133 Å². The highest BCUT2D eigenvalue weighted by atomic mass is 16.3. The minimum atomic E-state index is -0.393. The van der Waals surface area contributed by atoms with Crippen LogP contribution >= 0.6 is 0 Å². The van der Waals surface area contributed by atoms with Crippen LogP contribution in [0.2, 0.25) is 0 Å². The predicted octanol–water partition coefficient (Wildman–Crippen LogP) is 11.0. The molecule has 0 radical (unpaired) electrons. The summed E-state index contributed by atoms with van der Waals surface area (Å²) in [5.41, 5.74) is 11.0. The lowest BCUT2D eigenvalue weighted by atomic mass is 9.76. The van der Waals surface area contributed by atoms with Gasteiger partial charge in [0.05, 0.1) is 0 Å². The second-order valence-electron chi connectivity index (χ2n) is 11.8. The van der Waals surface area contributed by atoms with Crippen molar-refractivity contribution < 1.29 is 9.90 Å². The predicted molar refractivity (Wildman–Crippen MR) is 183 cm³/mol. The number of carbonyl (C=O) groups is 1. The Hall–Kier alpha value is -4.17. The molecule has 2 heteroatoms. The highest BCUT2D eigenvalue weighted by molar-refractivity contribution is 6.08. The summed E-state index contributed by atoms with van der Waals surface area (Å²) in [4.78, 5) is 12.2. The van der Waals surface area contributed by atoms with Crippen molar-refractivity contribution in [2.45, 2.75) is 69.2 Å². The van der Waals surface area contributed by atoms with Crippen LogP contribution in [0.5, 0.6) is 0 Å². The van der Waals surface area contributed by atoms with Crippen LogP contribution < -0.4 is 0 Å². The van der Waals surface area contributed by atoms with Gasteiger partial charge in [0, 0.05) is 11.0 Å². The van der Waals surface area contributed by atoms with Crippen molar-refractivity contribution in [1.29, 1.82) is 0 Å². The maximum Gasteiger partial charge on any atom is 0.222 e. The number of allylic oxidation sites excluding steroid dienone is 20. The first kappa shape index (κ1) is 34.0. The average molecular weight is 561 g/mol. The lowest BCUT2D eigenvalue weighted by Crippen LogP contribution is -2.23. The van der Waals surface area contributed by atoms with Gasteiger partial charge in [-0.2, -0.15) is 0 Å². The average Bonchev–Trinajstić information content (AvgIpc) is 2.91. The molecule has 1 aromatic carbocycles. The number of rotatable bonds is 10. The van der Waals surface area contributed by atoms with E-state index in [1.54, 1.807) is 13.0 Å². The third-order valence-electron chi connectivity index (χ3n) is 7.46. The molecular formula is C40H48O2. The fourth-order valence-corrected chi connectivity index (χ4v) is 4.62. The zero-order valence-electron chi connectivity index (χ0n) is 27.2. The lowest BCUT2D eigenvalue weighted by Gasteiger charge is -2.28. The summed E-state index contributed by atoms with van der Waals surface area (Å²) in [6.07, 6.45) is 30.7. The highest BCUT2D eigenvalue weighted by Crippen LogP contribution is 2.37. The number of benzene rings is 1. The van der Waals surface area contributed by atoms with Gasteiger partial charge in [0.25, 0.3) is 0 Å². The van der Waals surface area contributed by atoms with Crippen LogP contribution in [0.25, 0.3) is 6.08 Å². The Morgan fingerprint density at radius 2 is 1.12 bits per heavy atom. The van der Waals surface area contributed by atoms with Crippen LogP contribution in [-0.2, 0) is 4.79 Å². The molecule has 1 aliphatic rings. The van der Waals surface area contributed by atoms with Gasteiger partial charge in [0.1, 0.15) is 0 Å². The smallest absolute Gasteiger partial charge is 0.222 e. The van der Waals surface area contributed by atoms with Crippen LogP contribution in [0.4, 0.5) is 0 Å². The first-order valence-corrected chi connectivity index (χ1v) is 14.6. The Morgan fingerprint density at radius 1 is 0.667 bits per heavy atom. The number of aliphatic hydroxyl groups is 1. The number of Topliss-reactive ketones (excluding diaryl/α,β-unsaturated/α-hetero) is 1. The second-order valence-corrected chi connectivity index (χ2v) is 11.8. The summed E-state index contributed by atoms with van der Waals surface area (Å²) < 4.78 is 0. The van der Waals surface area contributed by atoms with Crippen LogP contribution in [0.15, 0.2) is 136 Å². The molecular weight excluding hydrogens is 512 g/mol. The van der Waals surface area contributed by atoms with Gasteiger partial charge in [-0.25, -0.2) is 0 Å². The van der Waals surface area contributed by atoms with E-state index in [2.05, 4.69) is 108 Å². The Kier molecular flexibility index (Phi) is 12.7. The molecule has 0 fully saturated rings. The molecule has 0 bridgehead atoms. The van der Waals surface area contributed by atoms with Crippen molar-refractivity contribution in [3.63, 3.8) is 0 Å². The number of hydrogen-bond donors (Lipinski definition) is 1. The van der Waals surface area contributed by atoms with Crippen molar-refractivity contribution in [2.75, 3.05) is 0 Å². The first-order chi connectivity index (χ1) is 19.7. The van der Waals surface area contributed by atoms with Crippen LogP contribution in [0.1, 0.15) is 70.7 Å². The van der Waals surface area contributed by atoms with Crippen LogP contribution in [0, 0.1) is 26.2 Å². The van der Waals surface area contributed by atoms with Gasteiger partial charge in [0.2, 0.25) is 5.78 Å². The van der Waals surface area contributed by atoms with Gasteiger partial charge in [-0.15, -0.1) is 0 Å². The number of aryl methyl sites for hydroxylation is 2. The molecule has 1 aromatic rings. The topological polar surface area (TPSA) is 37.3 Å². The molecule has 1 aliphatic carbocycles. The van der Waals surface area contributed by atoms with Gasteiger partial charge in [-0.3, -0.25) is 4.79 Å². The van der Waals surface area contributed by atoms with E-state index in [9.17, 15) is 9.90 Å². The molecule has 2 nitrogen and oxygen atoms in total. The summed E-state index contributed by atoms with van der Waals surface area (Å²) in [7, 11) is 0. The van der Waals surface area contributed by atoms with Crippen molar-refractivity contribution in [3.05, 3.63) is 159 Å². The second kappa shape index (κ2) is 15.7. The highest BCUT2D eigenvalue weighted by Gasteiger charge is 2.30. The van der Waals surface area contributed by atoms with E-state index in [1.165, 1.54) is 33.4 Å². The van der Waals surface area contributed by atoms with E-state index in [0.29, 0.717) is 5.57 Å². The third kappa shape index (κ3) is 10.3. The normalized spacial score (nSPS) is 17.8. The molecule has 0 saturated carbocycles. The third-order valence-corrected chi connectivity index (χ3v) is 7.46. The van der Waals surface area contributed by atoms with Crippen molar-refractivity contribution in [1.82, 2.24) is 0 Å². The van der Waals surface area contributed by atoms with Crippen LogP contribution in [0.3, 0.4) is 0 Å². The maximum absolute atomic E-state index is 12.2. The van der Waals surface area contributed by atoms with E-state index in [4.69, 9.17) is 0 Å². The van der Waals surface area contributed by atoms with Crippen molar-refractivity contribution in [3.8, 4) is 0 Å². The van der Waals surface area contributed by atoms with E-state index in [-0.39, 0.29) is 11.5 Å². The van der Waals surface area contributed by atoms with Gasteiger partial charge < -0.3 is 5.11 Å². The molecule has 2 rings (SSSR count). The SMILES string of the molecule is CC1=C(/C=C/C(C)=C/C=C/C(C)=C/C=C/C=C(C)/C=C/C=C(C)/C=C/c2c(C)ccc(C)c2C)C(C)(C)C=C(O)C1=O. The van der Waals surface area contributed by atoms with E-state index in [0.717, 1.165) is 16.7 Å². The van der Waals surface area contributed by atoms with Gasteiger partial charge >= 0.3 is 0 Å². The quantitative estimate of drug-likeness (QED) is 0.289. The maximum atomic E-state index is 12.2. The fourth-order valence-electron chi connectivity index (χ4n) is 4.62. The molecule has 0 amide bonds. The molecule has 0 aliphatic heterocycles. The molecule has 220 valence electrons. The summed E-state index contributed by atoms with van der Waals surface area (Å²) in [5, 5.41) is 9.88. The fraction of sp³-hybridized carbons (Fsp3) is 0.275. The minimum Gasteiger partial charge on any atom is -0.504 e.